The molecule has 2 heterocycles. The monoisotopic (exact) mass is 265 g/mol. The third kappa shape index (κ3) is 2.29. The summed E-state index contributed by atoms with van der Waals surface area (Å²) in [7, 11) is 0. The molecule has 1 spiro atoms. The molecule has 3 aliphatic rings. The fourth-order valence-corrected chi connectivity index (χ4v) is 3.82. The molecule has 1 saturated carbocycles. The number of amides is 1. The van der Waals surface area contributed by atoms with Crippen molar-refractivity contribution in [2.24, 2.45) is 0 Å². The van der Waals surface area contributed by atoms with Crippen LogP contribution in [-0.2, 0) is 4.79 Å². The third-order valence-corrected chi connectivity index (χ3v) is 5.11. The standard InChI is InChI=1S/C15H27N3O/c1-3-6-13-16-15(8-9-15)14(19)18(13)11-12-7-5-10-17(12)4-2/h12-13,16H,3-11H2,1-2H3. The highest BCUT2D eigenvalue weighted by atomic mass is 16.2. The molecule has 3 fully saturated rings. The summed E-state index contributed by atoms with van der Waals surface area (Å²) >= 11 is 0. The Labute approximate surface area is 116 Å². The maximum Gasteiger partial charge on any atom is 0.244 e. The van der Waals surface area contributed by atoms with E-state index in [1.807, 2.05) is 0 Å². The highest BCUT2D eigenvalue weighted by Crippen LogP contribution is 2.43. The van der Waals surface area contributed by atoms with Gasteiger partial charge in [-0.2, -0.15) is 0 Å². The van der Waals surface area contributed by atoms with Crippen molar-refractivity contribution in [3.8, 4) is 0 Å². The van der Waals surface area contributed by atoms with E-state index in [0.29, 0.717) is 18.1 Å². The number of hydrogen-bond donors (Lipinski definition) is 1. The number of hydrogen-bond acceptors (Lipinski definition) is 3. The van der Waals surface area contributed by atoms with Crippen molar-refractivity contribution < 1.29 is 4.79 Å². The molecular weight excluding hydrogens is 238 g/mol. The van der Waals surface area contributed by atoms with Gasteiger partial charge in [0.15, 0.2) is 0 Å². The Bertz CT molecular complexity index is 353. The fourth-order valence-electron chi connectivity index (χ4n) is 3.82. The number of carbonyl (C=O) groups is 1. The summed E-state index contributed by atoms with van der Waals surface area (Å²) < 4.78 is 0. The maximum absolute atomic E-state index is 12.6. The zero-order valence-corrected chi connectivity index (χ0v) is 12.3. The van der Waals surface area contributed by atoms with Gasteiger partial charge in [0.25, 0.3) is 0 Å². The van der Waals surface area contributed by atoms with E-state index < -0.39 is 0 Å². The number of rotatable bonds is 5. The van der Waals surface area contributed by atoms with Crippen LogP contribution < -0.4 is 5.32 Å². The van der Waals surface area contributed by atoms with Crippen molar-refractivity contribution in [1.82, 2.24) is 15.1 Å². The summed E-state index contributed by atoms with van der Waals surface area (Å²) in [4.78, 5) is 17.3. The fraction of sp³-hybridized carbons (Fsp3) is 0.933. The molecule has 0 radical (unpaired) electrons. The van der Waals surface area contributed by atoms with Gasteiger partial charge in [-0.3, -0.25) is 15.0 Å². The van der Waals surface area contributed by atoms with E-state index in [-0.39, 0.29) is 5.54 Å². The van der Waals surface area contributed by atoms with Crippen LogP contribution in [0.1, 0.15) is 52.4 Å². The van der Waals surface area contributed by atoms with Crippen LogP contribution in [0.2, 0.25) is 0 Å². The Balaban J connectivity index is 1.68. The van der Waals surface area contributed by atoms with Gasteiger partial charge in [0, 0.05) is 12.6 Å². The predicted octanol–water partition coefficient (Wildman–Crippen LogP) is 1.56. The van der Waals surface area contributed by atoms with E-state index in [2.05, 4.69) is 29.0 Å². The van der Waals surface area contributed by atoms with Gasteiger partial charge in [-0.25, -0.2) is 0 Å². The first kappa shape index (κ1) is 13.4. The second-order valence-electron chi connectivity index (χ2n) is 6.41. The largest absolute Gasteiger partial charge is 0.324 e. The zero-order chi connectivity index (χ0) is 13.5. The van der Waals surface area contributed by atoms with Crippen LogP contribution in [-0.4, -0.2) is 53.1 Å². The average molecular weight is 265 g/mol. The van der Waals surface area contributed by atoms with Gasteiger partial charge in [-0.15, -0.1) is 0 Å². The summed E-state index contributed by atoms with van der Waals surface area (Å²) in [6, 6.07) is 0.587. The lowest BCUT2D eigenvalue weighted by atomic mass is 10.1. The van der Waals surface area contributed by atoms with E-state index in [9.17, 15) is 4.79 Å². The minimum Gasteiger partial charge on any atom is -0.324 e. The van der Waals surface area contributed by atoms with Crippen LogP contribution in [0.3, 0.4) is 0 Å². The molecule has 2 saturated heterocycles. The summed E-state index contributed by atoms with van der Waals surface area (Å²) in [5, 5.41) is 3.61. The molecule has 3 rings (SSSR count). The summed E-state index contributed by atoms with van der Waals surface area (Å²) in [6.45, 7) is 7.69. The van der Waals surface area contributed by atoms with Crippen LogP contribution in [0.4, 0.5) is 0 Å². The van der Waals surface area contributed by atoms with Crippen molar-refractivity contribution in [3.05, 3.63) is 0 Å². The molecule has 108 valence electrons. The molecule has 0 aromatic carbocycles. The van der Waals surface area contributed by atoms with Gasteiger partial charge in [-0.1, -0.05) is 20.3 Å². The van der Waals surface area contributed by atoms with Crippen molar-refractivity contribution in [1.29, 1.82) is 0 Å². The van der Waals surface area contributed by atoms with E-state index >= 15 is 0 Å². The number of carbonyl (C=O) groups excluding carboxylic acids is 1. The first-order valence-electron chi connectivity index (χ1n) is 8.03. The van der Waals surface area contributed by atoms with E-state index in [0.717, 1.165) is 38.8 Å². The second-order valence-corrected chi connectivity index (χ2v) is 6.41. The molecule has 1 aliphatic carbocycles. The Morgan fingerprint density at radius 3 is 2.79 bits per heavy atom. The highest BCUT2D eigenvalue weighted by Gasteiger charge is 2.59. The number of likely N-dealkylation sites (N-methyl/N-ethyl adjacent to an activating group) is 1. The molecule has 0 aromatic heterocycles. The molecule has 2 atom stereocenters. The van der Waals surface area contributed by atoms with Crippen molar-refractivity contribution in [2.75, 3.05) is 19.6 Å². The molecular formula is C15H27N3O. The molecule has 1 N–H and O–H groups in total. The molecule has 2 unspecified atom stereocenters. The topological polar surface area (TPSA) is 35.6 Å². The second kappa shape index (κ2) is 5.06. The first-order valence-corrected chi connectivity index (χ1v) is 8.03. The van der Waals surface area contributed by atoms with Crippen LogP contribution in [0, 0.1) is 0 Å². The zero-order valence-electron chi connectivity index (χ0n) is 12.3. The minimum absolute atomic E-state index is 0.143. The molecule has 0 bridgehead atoms. The van der Waals surface area contributed by atoms with Gasteiger partial charge in [0.1, 0.15) is 0 Å². The third-order valence-electron chi connectivity index (χ3n) is 5.11. The highest BCUT2D eigenvalue weighted by molar-refractivity contribution is 5.91. The molecule has 4 nitrogen and oxygen atoms in total. The summed E-state index contributed by atoms with van der Waals surface area (Å²) in [5.74, 6) is 0.383. The smallest absolute Gasteiger partial charge is 0.244 e. The van der Waals surface area contributed by atoms with Gasteiger partial charge in [0.2, 0.25) is 5.91 Å². The lowest BCUT2D eigenvalue weighted by Crippen LogP contribution is -2.45. The number of likely N-dealkylation sites (tertiary alicyclic amines) is 1. The predicted molar refractivity (Wildman–Crippen MR) is 75.8 cm³/mol. The van der Waals surface area contributed by atoms with Crippen LogP contribution in [0.5, 0.6) is 0 Å². The quantitative estimate of drug-likeness (QED) is 0.819. The van der Waals surface area contributed by atoms with E-state index in [1.54, 1.807) is 0 Å². The molecule has 2 aliphatic heterocycles. The Kier molecular flexibility index (Phi) is 3.56. The Hall–Kier alpha value is -0.610. The van der Waals surface area contributed by atoms with E-state index in [4.69, 9.17) is 0 Å². The summed E-state index contributed by atoms with van der Waals surface area (Å²) in [6.07, 6.45) is 7.15. The Morgan fingerprint density at radius 2 is 2.16 bits per heavy atom. The van der Waals surface area contributed by atoms with Crippen LogP contribution in [0.25, 0.3) is 0 Å². The molecule has 4 heteroatoms. The van der Waals surface area contributed by atoms with Gasteiger partial charge < -0.3 is 4.90 Å². The maximum atomic E-state index is 12.6. The van der Waals surface area contributed by atoms with Gasteiger partial charge in [0.05, 0.1) is 11.7 Å². The lowest BCUT2D eigenvalue weighted by Gasteiger charge is -2.31. The molecule has 0 aromatic rings. The van der Waals surface area contributed by atoms with Crippen molar-refractivity contribution in [2.45, 2.75) is 70.1 Å². The minimum atomic E-state index is -0.143. The van der Waals surface area contributed by atoms with Gasteiger partial charge >= 0.3 is 0 Å². The normalized spacial score (nSPS) is 33.6. The first-order chi connectivity index (χ1) is 9.20. The van der Waals surface area contributed by atoms with Crippen LogP contribution in [0.15, 0.2) is 0 Å². The van der Waals surface area contributed by atoms with Crippen molar-refractivity contribution >= 4 is 5.91 Å². The van der Waals surface area contributed by atoms with Crippen LogP contribution >= 0.6 is 0 Å². The van der Waals surface area contributed by atoms with Gasteiger partial charge in [-0.05, 0) is 45.2 Å². The lowest BCUT2D eigenvalue weighted by molar-refractivity contribution is -0.131. The average Bonchev–Trinajstić information content (AvgIpc) is 2.97. The molecule has 19 heavy (non-hydrogen) atoms. The van der Waals surface area contributed by atoms with E-state index in [1.165, 1.54) is 19.4 Å². The SMILES string of the molecule is CCCC1NC2(CC2)C(=O)N1CC1CCCN1CC. The Morgan fingerprint density at radius 1 is 1.37 bits per heavy atom. The van der Waals surface area contributed by atoms with Crippen molar-refractivity contribution in [3.63, 3.8) is 0 Å². The molecule has 1 amide bonds. The number of nitrogens with one attached hydrogen (secondary N) is 1. The number of nitrogens with zero attached hydrogens (tertiary/aromatic N) is 2. The summed E-state index contributed by atoms with van der Waals surface area (Å²) in [5.41, 5.74) is -0.143.